The van der Waals surface area contributed by atoms with Gasteiger partial charge in [-0.2, -0.15) is 4.39 Å². The molecule has 17 rings (SSSR count). The third-order valence-electron chi connectivity index (χ3n) is 37.9. The zero-order chi connectivity index (χ0) is 103. The van der Waals surface area contributed by atoms with Gasteiger partial charge in [0.15, 0.2) is 11.6 Å². The highest BCUT2D eigenvalue weighted by atomic mass is 19.2. The molecule has 0 radical (unpaired) electrons. The second-order valence-electron chi connectivity index (χ2n) is 48.2. The van der Waals surface area contributed by atoms with Crippen LogP contribution < -0.4 is 9.47 Å². The van der Waals surface area contributed by atoms with Crippen LogP contribution in [0.1, 0.15) is 504 Å². The fourth-order valence-corrected chi connectivity index (χ4v) is 28.4. The van der Waals surface area contributed by atoms with E-state index < -0.39 is 11.6 Å². The van der Waals surface area contributed by atoms with Crippen LogP contribution in [0.25, 0.3) is 33.4 Å². The minimum absolute atomic E-state index is 0.0314. The minimum Gasteiger partial charge on any atom is -0.497 e. The first kappa shape index (κ1) is 118. The molecule has 9 aliphatic carbocycles. The average molecular weight is 1980 g/mol. The standard InChI is InChI=1S/C25H32F2O.C24H38.C22H34.C19H36.C18H22.C17H32.C16H18O/c1-3-5-6-7-18-8-10-19(11-9-18)20-12-14-21(15-13-20)22-16-17-23(28-4-2)25(27)24(22)26;1-3-5-19-7-11-21(12-8-19)23-15-17-24(18-16-23)22-13-9-20(6-4-2)10-14-22;1-3-4-18-7-11-20(12-8-18)22-15-13-21(14-16-22)19-9-5-17(2)6-10-19;1-3-5-7-17-10-14-19(15-11-17)18-12-8-16(6-4-2)9-13-18;1-3-4-5-6-16-9-13-18(14-10-16)17-11-7-15(2)8-12-17;1-3-5-15-8-12-17(13-9-15)16-10-6-14(4-2)7-11-16;1-3-4-13-5-7-14(8-6-13)15-9-11-16(17-2)12-10-15/h12-19H,3-11H2,1-2H3;7-8,11-12,20,22-24H,3-6,9-10,13-18H2,1-2H3;5-6,9-10,18,20-22H,3-4,7-8,11-16H2,1-2H3;16-19H,3-15H2,1-2H3;7-14H,3-6H2,1-2H3;14-17H,3-13H2,1-2H3;5-12H,3-4H2,1-2H3. The summed E-state index contributed by atoms with van der Waals surface area (Å²) in [4.78, 5) is 0. The molecule has 0 aliphatic heterocycles. The number of ether oxygens (including phenoxy) is 2. The lowest BCUT2D eigenvalue weighted by Gasteiger charge is -2.38. The van der Waals surface area contributed by atoms with Crippen molar-refractivity contribution >= 4 is 0 Å². The summed E-state index contributed by atoms with van der Waals surface area (Å²) in [6.45, 7) is 29.5. The van der Waals surface area contributed by atoms with Crippen LogP contribution in [0, 0.1) is 114 Å². The molecule has 0 atom stereocenters. The van der Waals surface area contributed by atoms with E-state index in [9.17, 15) is 8.78 Å². The Morgan fingerprint density at radius 3 is 0.828 bits per heavy atom. The van der Waals surface area contributed by atoms with E-state index in [4.69, 9.17) is 9.47 Å². The summed E-state index contributed by atoms with van der Waals surface area (Å²) in [6.07, 6.45) is 86.6. The number of unbranched alkanes of at least 4 members (excludes halogenated alkanes) is 5. The smallest absolute Gasteiger partial charge is 0.201 e. The van der Waals surface area contributed by atoms with Crippen molar-refractivity contribution in [3.05, 3.63) is 238 Å². The fraction of sp³-hybridized carbons (Fsp3) is 0.660. The first-order chi connectivity index (χ1) is 71.0. The summed E-state index contributed by atoms with van der Waals surface area (Å²) >= 11 is 0. The summed E-state index contributed by atoms with van der Waals surface area (Å²) in [5, 5.41) is 0. The molecule has 2 nitrogen and oxygen atoms in total. The van der Waals surface area contributed by atoms with Crippen molar-refractivity contribution in [2.45, 2.75) is 493 Å². The van der Waals surface area contributed by atoms with Crippen LogP contribution in [-0.4, -0.2) is 13.7 Å². The number of hydrogen-bond acceptors (Lipinski definition) is 2. The Kier molecular flexibility index (Phi) is 55.1. The summed E-state index contributed by atoms with van der Waals surface area (Å²) in [6, 6.07) is 64.8. The van der Waals surface area contributed by atoms with Crippen LogP contribution in [0.4, 0.5) is 8.78 Å². The molecule has 0 heterocycles. The van der Waals surface area contributed by atoms with Crippen molar-refractivity contribution < 1.29 is 18.3 Å². The maximum absolute atomic E-state index is 14.4. The van der Waals surface area contributed by atoms with E-state index in [0.717, 1.165) is 113 Å². The largest absolute Gasteiger partial charge is 0.497 e. The van der Waals surface area contributed by atoms with E-state index in [1.165, 1.54) is 351 Å². The predicted octanol–water partition coefficient (Wildman–Crippen LogP) is 44.4. The molecule has 9 aliphatic rings. The highest BCUT2D eigenvalue weighted by molar-refractivity contribution is 5.67. The van der Waals surface area contributed by atoms with E-state index in [0.29, 0.717) is 18.1 Å². The van der Waals surface area contributed by atoms with Crippen molar-refractivity contribution in [3.63, 3.8) is 0 Å². The Morgan fingerprint density at radius 1 is 0.228 bits per heavy atom. The van der Waals surface area contributed by atoms with Crippen molar-refractivity contribution in [2.75, 3.05) is 13.7 Å². The molecule has 9 fully saturated rings. The highest BCUT2D eigenvalue weighted by Gasteiger charge is 2.36. The van der Waals surface area contributed by atoms with Gasteiger partial charge in [-0.25, -0.2) is 4.39 Å². The zero-order valence-corrected chi connectivity index (χ0v) is 95.4. The topological polar surface area (TPSA) is 18.5 Å². The third kappa shape index (κ3) is 40.4. The predicted molar refractivity (Wildman–Crippen MR) is 627 cm³/mol. The molecule has 0 saturated heterocycles. The molecule has 0 spiro atoms. The Morgan fingerprint density at radius 2 is 0.497 bits per heavy atom. The first-order valence-electron chi connectivity index (χ1n) is 62.2. The molecule has 9 saturated carbocycles. The average Bonchev–Trinajstić information content (AvgIpc) is 0.817. The van der Waals surface area contributed by atoms with Crippen LogP contribution in [0.3, 0.4) is 0 Å². The highest BCUT2D eigenvalue weighted by Crippen LogP contribution is 2.50. The van der Waals surface area contributed by atoms with Gasteiger partial charge >= 0.3 is 0 Å². The lowest BCUT2D eigenvalue weighted by Crippen LogP contribution is -2.25. The molecule has 145 heavy (non-hydrogen) atoms. The second-order valence-corrected chi connectivity index (χ2v) is 48.2. The van der Waals surface area contributed by atoms with Crippen LogP contribution in [0.2, 0.25) is 0 Å². The van der Waals surface area contributed by atoms with Gasteiger partial charge in [-0.05, 0) is 393 Å². The third-order valence-corrected chi connectivity index (χ3v) is 37.9. The molecule has 4 heteroatoms. The SMILES string of the molecule is CCCC1CCC(C2CCC(CC)CC2)CC1.CCCC1CCC(C2CCC(c3ccc(C)cc3)CC2)CC1.CCCCC1CCC(C2CCC(CCC)CC2)CC1.CCCCCC1CCC(c2ccc(-c3ccc(OCC)c(F)c3F)cc2)CC1.CCCCCc1ccc(-c2ccc(C)cc2)cc1.CCCc1ccc(-c2ccc(OC)cc2)cc1.CCCc1ccc(C2CCC(C3CCC(CCC)CC3)CC2)cc1. The Labute approximate surface area is 890 Å². The van der Waals surface area contributed by atoms with Gasteiger partial charge in [0.2, 0.25) is 5.82 Å². The quantitative estimate of drug-likeness (QED) is 0.0361. The maximum Gasteiger partial charge on any atom is 0.201 e. The van der Waals surface area contributed by atoms with Gasteiger partial charge in [0.25, 0.3) is 0 Å². The molecule has 8 aromatic carbocycles. The molecule has 0 aromatic heterocycles. The van der Waals surface area contributed by atoms with Crippen LogP contribution in [0.5, 0.6) is 11.5 Å². The van der Waals surface area contributed by atoms with E-state index in [1.54, 1.807) is 121 Å². The molecular weight excluding hydrogens is 1760 g/mol. The number of rotatable bonds is 37. The molecule has 0 amide bonds. The van der Waals surface area contributed by atoms with Gasteiger partial charge < -0.3 is 9.47 Å². The van der Waals surface area contributed by atoms with E-state index >= 15 is 0 Å². The normalized spacial score (nSPS) is 25.8. The van der Waals surface area contributed by atoms with Crippen LogP contribution >= 0.6 is 0 Å². The lowest BCUT2D eigenvalue weighted by atomic mass is 9.68. The van der Waals surface area contributed by atoms with Crippen LogP contribution in [0.15, 0.2) is 182 Å². The summed E-state index contributed by atoms with van der Waals surface area (Å²) in [7, 11) is 1.69. The van der Waals surface area contributed by atoms with E-state index in [1.807, 2.05) is 24.3 Å². The molecule has 0 N–H and O–H groups in total. The fourth-order valence-electron chi connectivity index (χ4n) is 28.4. The van der Waals surface area contributed by atoms with Crippen molar-refractivity contribution in [2.24, 2.45) is 88.8 Å². The van der Waals surface area contributed by atoms with Gasteiger partial charge in [0.1, 0.15) is 5.75 Å². The lowest BCUT2D eigenvalue weighted by molar-refractivity contribution is 0.140. The first-order valence-corrected chi connectivity index (χ1v) is 62.2. The Balaban J connectivity index is 0.000000162. The molecular formula is C141H212F2O2. The number of halogens is 2. The second kappa shape index (κ2) is 67.5. The summed E-state index contributed by atoms with van der Waals surface area (Å²) in [5.74, 6) is 17.4. The monoisotopic (exact) mass is 1980 g/mol. The molecule has 8 aromatic rings. The van der Waals surface area contributed by atoms with E-state index in [2.05, 4.69) is 229 Å². The number of aryl methyl sites for hydroxylation is 5. The molecule has 0 unspecified atom stereocenters. The van der Waals surface area contributed by atoms with Gasteiger partial charge in [0.05, 0.1) is 13.7 Å². The minimum atomic E-state index is -0.912. The van der Waals surface area contributed by atoms with Crippen LogP contribution in [-0.2, 0) is 19.3 Å². The van der Waals surface area contributed by atoms with Gasteiger partial charge in [-0.3, -0.25) is 0 Å². The number of benzene rings is 8. The molecule has 0 bridgehead atoms. The van der Waals surface area contributed by atoms with Crippen molar-refractivity contribution in [3.8, 4) is 44.9 Å². The van der Waals surface area contributed by atoms with Gasteiger partial charge in [-0.1, -0.05) is 444 Å². The Bertz CT molecular complexity index is 4580. The van der Waals surface area contributed by atoms with Gasteiger partial charge in [-0.15, -0.1) is 0 Å². The van der Waals surface area contributed by atoms with Crippen molar-refractivity contribution in [1.29, 1.82) is 0 Å². The van der Waals surface area contributed by atoms with Gasteiger partial charge in [0, 0.05) is 5.56 Å². The summed E-state index contributed by atoms with van der Waals surface area (Å²) in [5.41, 5.74) is 17.7. The number of hydrogen-bond donors (Lipinski definition) is 0. The Hall–Kier alpha value is -6.78. The zero-order valence-electron chi connectivity index (χ0n) is 95.4. The van der Waals surface area contributed by atoms with Crippen molar-refractivity contribution in [1.82, 2.24) is 0 Å². The summed E-state index contributed by atoms with van der Waals surface area (Å²) < 4.78 is 38.9. The maximum atomic E-state index is 14.4. The molecule has 802 valence electrons. The van der Waals surface area contributed by atoms with E-state index in [-0.39, 0.29) is 11.3 Å². The number of methoxy groups -OCH3 is 1.